The molecule has 2 rings (SSSR count). The summed E-state index contributed by atoms with van der Waals surface area (Å²) in [4.78, 5) is 24.2. The van der Waals surface area contributed by atoms with Gasteiger partial charge in [-0.25, -0.2) is 5.43 Å². The number of nitrogens with zero attached hydrogens (tertiary/aromatic N) is 1. The van der Waals surface area contributed by atoms with Crippen molar-refractivity contribution < 1.29 is 19.1 Å². The van der Waals surface area contributed by atoms with E-state index in [9.17, 15) is 9.59 Å². The molecule has 2 amide bonds. The average Bonchev–Trinajstić information content (AvgIpc) is 2.73. The molecule has 0 saturated carbocycles. The maximum atomic E-state index is 12.1. The number of ether oxygens (including phenoxy) is 2. The Morgan fingerprint density at radius 2 is 1.79 bits per heavy atom. The molecule has 7 nitrogen and oxygen atoms in total. The van der Waals surface area contributed by atoms with Crippen LogP contribution in [-0.4, -0.2) is 37.8 Å². The normalized spacial score (nSPS) is 11.3. The van der Waals surface area contributed by atoms with E-state index in [-0.39, 0.29) is 18.9 Å². The Hall–Kier alpha value is -3.79. The van der Waals surface area contributed by atoms with Crippen molar-refractivity contribution in [3.05, 3.63) is 59.7 Å². The van der Waals surface area contributed by atoms with Crippen LogP contribution in [0.25, 0.3) is 0 Å². The predicted octanol–water partition coefficient (Wildman–Crippen LogP) is 1.90. The third-order valence-electron chi connectivity index (χ3n) is 3.89. The van der Waals surface area contributed by atoms with Crippen LogP contribution >= 0.6 is 0 Å². The molecule has 2 aromatic carbocycles. The first-order valence-electron chi connectivity index (χ1n) is 8.93. The lowest BCUT2D eigenvalue weighted by atomic mass is 10.1. The van der Waals surface area contributed by atoms with Crippen molar-refractivity contribution in [1.29, 1.82) is 0 Å². The number of carbonyl (C=O) groups excluding carboxylic acids is 2. The molecule has 29 heavy (non-hydrogen) atoms. The summed E-state index contributed by atoms with van der Waals surface area (Å²) in [6.07, 6.45) is 6.80. The highest BCUT2D eigenvalue weighted by Crippen LogP contribution is 2.12. The van der Waals surface area contributed by atoms with Crippen LogP contribution in [0.3, 0.4) is 0 Å². The minimum absolute atomic E-state index is 0.166. The quantitative estimate of drug-likeness (QED) is 0.387. The van der Waals surface area contributed by atoms with Gasteiger partial charge in [0, 0.05) is 0 Å². The fraction of sp³-hybridized carbons (Fsp3) is 0.227. The Morgan fingerprint density at radius 3 is 2.41 bits per heavy atom. The molecule has 2 aromatic rings. The van der Waals surface area contributed by atoms with Gasteiger partial charge in [0.1, 0.15) is 24.1 Å². The Kier molecular flexibility index (Phi) is 8.27. The van der Waals surface area contributed by atoms with Crippen molar-refractivity contribution in [2.75, 3.05) is 13.7 Å². The molecular formula is C22H23N3O4. The van der Waals surface area contributed by atoms with Gasteiger partial charge in [0.15, 0.2) is 0 Å². The third-order valence-corrected chi connectivity index (χ3v) is 3.89. The standard InChI is InChI=1S/C22H23N3O4/c1-4-13-29-20-11-7-18(8-12-20)15-23-25-22(27)16(2)24-21(26)14-17-5-9-19(28-3)10-6-17/h1,5-12,15-16H,13-14H2,2-3H3,(H,24,26)(H,25,27). The summed E-state index contributed by atoms with van der Waals surface area (Å²) in [7, 11) is 1.58. The molecule has 0 fully saturated rings. The van der Waals surface area contributed by atoms with E-state index in [1.807, 2.05) is 0 Å². The molecule has 0 heterocycles. The lowest BCUT2D eigenvalue weighted by Gasteiger charge is -2.12. The number of carbonyl (C=O) groups is 2. The minimum atomic E-state index is -0.725. The monoisotopic (exact) mass is 393 g/mol. The highest BCUT2D eigenvalue weighted by atomic mass is 16.5. The Morgan fingerprint density at radius 1 is 1.14 bits per heavy atom. The van der Waals surface area contributed by atoms with E-state index < -0.39 is 11.9 Å². The van der Waals surface area contributed by atoms with Crippen LogP contribution in [-0.2, 0) is 16.0 Å². The van der Waals surface area contributed by atoms with Gasteiger partial charge in [0.05, 0.1) is 19.7 Å². The van der Waals surface area contributed by atoms with E-state index >= 15 is 0 Å². The van der Waals surface area contributed by atoms with Gasteiger partial charge >= 0.3 is 0 Å². The van der Waals surface area contributed by atoms with Gasteiger partial charge in [-0.05, 0) is 54.4 Å². The summed E-state index contributed by atoms with van der Waals surface area (Å²) in [6.45, 7) is 1.79. The van der Waals surface area contributed by atoms with Gasteiger partial charge in [0.25, 0.3) is 5.91 Å². The molecule has 0 spiro atoms. The minimum Gasteiger partial charge on any atom is -0.497 e. The molecule has 0 aromatic heterocycles. The topological polar surface area (TPSA) is 89.0 Å². The van der Waals surface area contributed by atoms with Gasteiger partial charge in [-0.1, -0.05) is 18.1 Å². The molecule has 0 aliphatic rings. The average molecular weight is 393 g/mol. The Bertz CT molecular complexity index is 884. The summed E-state index contributed by atoms with van der Waals surface area (Å²) >= 11 is 0. The van der Waals surface area contributed by atoms with Crippen molar-refractivity contribution in [3.8, 4) is 23.8 Å². The van der Waals surface area contributed by atoms with Gasteiger partial charge in [-0.3, -0.25) is 9.59 Å². The highest BCUT2D eigenvalue weighted by molar-refractivity contribution is 5.89. The zero-order chi connectivity index (χ0) is 21.1. The molecule has 0 saturated heterocycles. The van der Waals surface area contributed by atoms with E-state index in [0.29, 0.717) is 5.75 Å². The first-order valence-corrected chi connectivity index (χ1v) is 8.93. The van der Waals surface area contributed by atoms with Crippen LogP contribution in [0, 0.1) is 12.3 Å². The molecule has 0 aliphatic heterocycles. The summed E-state index contributed by atoms with van der Waals surface area (Å²) < 4.78 is 10.4. The molecule has 0 aliphatic carbocycles. The molecule has 0 radical (unpaired) electrons. The number of rotatable bonds is 9. The maximum absolute atomic E-state index is 12.1. The Labute approximate surface area is 170 Å². The highest BCUT2D eigenvalue weighted by Gasteiger charge is 2.15. The molecule has 0 bridgehead atoms. The molecule has 1 unspecified atom stereocenters. The summed E-state index contributed by atoms with van der Waals surface area (Å²) in [5, 5.41) is 6.55. The van der Waals surface area contributed by atoms with Gasteiger partial charge < -0.3 is 14.8 Å². The fourth-order valence-electron chi connectivity index (χ4n) is 2.33. The van der Waals surface area contributed by atoms with E-state index in [2.05, 4.69) is 21.8 Å². The van der Waals surface area contributed by atoms with Crippen molar-refractivity contribution >= 4 is 18.0 Å². The van der Waals surface area contributed by atoms with E-state index in [1.165, 1.54) is 6.21 Å². The summed E-state index contributed by atoms with van der Waals surface area (Å²) in [5.74, 6) is 3.08. The van der Waals surface area contributed by atoms with E-state index in [1.54, 1.807) is 62.6 Å². The largest absolute Gasteiger partial charge is 0.497 e. The number of methoxy groups -OCH3 is 1. The molecule has 2 N–H and O–H groups in total. The molecule has 150 valence electrons. The molecule has 1 atom stereocenters. The lowest BCUT2D eigenvalue weighted by Crippen LogP contribution is -2.43. The van der Waals surface area contributed by atoms with Crippen molar-refractivity contribution in [2.45, 2.75) is 19.4 Å². The maximum Gasteiger partial charge on any atom is 0.262 e. The number of hydrogen-bond acceptors (Lipinski definition) is 5. The van der Waals surface area contributed by atoms with Crippen LogP contribution in [0.1, 0.15) is 18.1 Å². The van der Waals surface area contributed by atoms with Crippen LogP contribution in [0.5, 0.6) is 11.5 Å². The summed E-state index contributed by atoms with van der Waals surface area (Å²) in [5.41, 5.74) is 4.00. The number of hydrogen-bond donors (Lipinski definition) is 2. The van der Waals surface area contributed by atoms with E-state index in [4.69, 9.17) is 15.9 Å². The van der Waals surface area contributed by atoms with Crippen molar-refractivity contribution in [1.82, 2.24) is 10.7 Å². The van der Waals surface area contributed by atoms with Crippen LogP contribution < -0.4 is 20.2 Å². The molecule has 7 heteroatoms. The second kappa shape index (κ2) is 11.1. The molecular weight excluding hydrogens is 370 g/mol. The third kappa shape index (κ3) is 7.39. The van der Waals surface area contributed by atoms with Crippen molar-refractivity contribution in [2.24, 2.45) is 5.10 Å². The van der Waals surface area contributed by atoms with Crippen molar-refractivity contribution in [3.63, 3.8) is 0 Å². The summed E-state index contributed by atoms with van der Waals surface area (Å²) in [6, 6.07) is 13.5. The van der Waals surface area contributed by atoms with Gasteiger partial charge in [0.2, 0.25) is 5.91 Å². The van der Waals surface area contributed by atoms with E-state index in [0.717, 1.165) is 16.9 Å². The van der Waals surface area contributed by atoms with Crippen LogP contribution in [0.2, 0.25) is 0 Å². The van der Waals surface area contributed by atoms with Crippen LogP contribution in [0.15, 0.2) is 53.6 Å². The number of benzene rings is 2. The predicted molar refractivity (Wildman–Crippen MR) is 111 cm³/mol. The smallest absolute Gasteiger partial charge is 0.262 e. The van der Waals surface area contributed by atoms with Gasteiger partial charge in [-0.2, -0.15) is 5.10 Å². The Balaban J connectivity index is 1.78. The van der Waals surface area contributed by atoms with Crippen LogP contribution in [0.4, 0.5) is 0 Å². The first-order chi connectivity index (χ1) is 14.0. The SMILES string of the molecule is C#CCOc1ccc(C=NNC(=O)C(C)NC(=O)Cc2ccc(OC)cc2)cc1. The number of nitrogens with one attached hydrogen (secondary N) is 2. The first kappa shape index (κ1) is 21.5. The number of terminal acetylenes is 1. The fourth-order valence-corrected chi connectivity index (χ4v) is 2.33. The number of amides is 2. The second-order valence-electron chi connectivity index (χ2n) is 6.11. The zero-order valence-corrected chi connectivity index (χ0v) is 16.3. The van der Waals surface area contributed by atoms with Gasteiger partial charge in [-0.15, -0.1) is 6.42 Å². The lowest BCUT2D eigenvalue weighted by molar-refractivity contribution is -0.128. The zero-order valence-electron chi connectivity index (χ0n) is 16.3. The number of hydrazone groups is 1. The second-order valence-corrected chi connectivity index (χ2v) is 6.11.